The molecule has 0 saturated carbocycles. The van der Waals surface area contributed by atoms with Crippen molar-refractivity contribution in [3.8, 4) is 0 Å². The van der Waals surface area contributed by atoms with Crippen LogP contribution in [0.1, 0.15) is 11.1 Å². The van der Waals surface area contributed by atoms with E-state index in [1.165, 1.54) is 11.1 Å². The molecule has 80 valence electrons. The number of hydrogen-bond acceptors (Lipinski definition) is 2. The largest absolute Gasteiger partial charge is 0.366 e. The Morgan fingerprint density at radius 2 is 2.40 bits per heavy atom. The highest BCUT2D eigenvalue weighted by Gasteiger charge is 2.18. The zero-order valence-electron chi connectivity index (χ0n) is 8.82. The minimum atomic E-state index is -0.0181. The maximum absolute atomic E-state index is 10.9. The standard InChI is InChI=1S/C12H15NO2/c1-9-3-2-4-10(5-9)6-11-7-13-12(14)8-15-11/h2-5,11H,6-8H2,1H3,(H,13,14). The molecule has 2 rings (SSSR count). The number of ether oxygens (including phenoxy) is 1. The molecule has 1 saturated heterocycles. The molecule has 0 aliphatic carbocycles. The molecule has 1 aliphatic rings. The van der Waals surface area contributed by atoms with Crippen LogP contribution in [0.5, 0.6) is 0 Å². The number of rotatable bonds is 2. The van der Waals surface area contributed by atoms with Gasteiger partial charge in [0, 0.05) is 13.0 Å². The molecule has 0 bridgehead atoms. The van der Waals surface area contributed by atoms with Crippen molar-refractivity contribution in [3.63, 3.8) is 0 Å². The molecule has 0 radical (unpaired) electrons. The van der Waals surface area contributed by atoms with Crippen molar-refractivity contribution in [2.45, 2.75) is 19.4 Å². The van der Waals surface area contributed by atoms with Crippen LogP contribution in [0.2, 0.25) is 0 Å². The molecule has 0 spiro atoms. The second kappa shape index (κ2) is 4.45. The topological polar surface area (TPSA) is 38.3 Å². The highest BCUT2D eigenvalue weighted by Crippen LogP contribution is 2.09. The van der Waals surface area contributed by atoms with E-state index < -0.39 is 0 Å². The Kier molecular flexibility index (Phi) is 3.02. The summed E-state index contributed by atoms with van der Waals surface area (Å²) < 4.78 is 5.42. The third kappa shape index (κ3) is 2.80. The van der Waals surface area contributed by atoms with E-state index in [2.05, 4.69) is 30.4 Å². The summed E-state index contributed by atoms with van der Waals surface area (Å²) in [5.74, 6) is -0.0181. The van der Waals surface area contributed by atoms with E-state index in [9.17, 15) is 4.79 Å². The molecular weight excluding hydrogens is 190 g/mol. The Balaban J connectivity index is 1.94. The van der Waals surface area contributed by atoms with Gasteiger partial charge < -0.3 is 10.1 Å². The van der Waals surface area contributed by atoms with E-state index >= 15 is 0 Å². The smallest absolute Gasteiger partial charge is 0.246 e. The van der Waals surface area contributed by atoms with Gasteiger partial charge in [0.15, 0.2) is 0 Å². The molecule has 0 aromatic heterocycles. The Morgan fingerprint density at radius 3 is 3.07 bits per heavy atom. The van der Waals surface area contributed by atoms with Crippen LogP contribution in [-0.2, 0) is 16.0 Å². The lowest BCUT2D eigenvalue weighted by Crippen LogP contribution is -2.43. The monoisotopic (exact) mass is 205 g/mol. The minimum absolute atomic E-state index is 0.0181. The maximum atomic E-state index is 10.9. The highest BCUT2D eigenvalue weighted by atomic mass is 16.5. The number of carbonyl (C=O) groups is 1. The fourth-order valence-corrected chi connectivity index (χ4v) is 1.76. The average molecular weight is 205 g/mol. The van der Waals surface area contributed by atoms with Gasteiger partial charge in [0.2, 0.25) is 5.91 Å². The van der Waals surface area contributed by atoms with Crippen molar-refractivity contribution in [1.82, 2.24) is 5.32 Å². The number of carbonyl (C=O) groups excluding carboxylic acids is 1. The molecule has 1 heterocycles. The van der Waals surface area contributed by atoms with Gasteiger partial charge in [-0.25, -0.2) is 0 Å². The van der Waals surface area contributed by atoms with Gasteiger partial charge in [-0.2, -0.15) is 0 Å². The summed E-state index contributed by atoms with van der Waals surface area (Å²) in [5, 5.41) is 2.80. The number of aryl methyl sites for hydroxylation is 1. The van der Waals surface area contributed by atoms with Gasteiger partial charge in [0.25, 0.3) is 0 Å². The summed E-state index contributed by atoms with van der Waals surface area (Å²) in [5.41, 5.74) is 2.52. The Morgan fingerprint density at radius 1 is 1.53 bits per heavy atom. The van der Waals surface area contributed by atoms with Gasteiger partial charge in [-0.3, -0.25) is 4.79 Å². The van der Waals surface area contributed by atoms with Gasteiger partial charge in [-0.05, 0) is 12.5 Å². The molecule has 3 nitrogen and oxygen atoms in total. The van der Waals surface area contributed by atoms with Crippen molar-refractivity contribution in [3.05, 3.63) is 35.4 Å². The summed E-state index contributed by atoms with van der Waals surface area (Å²) in [6.07, 6.45) is 0.978. The molecule has 15 heavy (non-hydrogen) atoms. The molecule has 1 atom stereocenters. The van der Waals surface area contributed by atoms with Gasteiger partial charge in [-0.1, -0.05) is 29.8 Å². The molecule has 1 fully saturated rings. The fraction of sp³-hybridized carbons (Fsp3) is 0.417. The number of benzene rings is 1. The number of nitrogens with one attached hydrogen (secondary N) is 1. The zero-order chi connectivity index (χ0) is 10.7. The second-order valence-electron chi connectivity index (χ2n) is 3.93. The Hall–Kier alpha value is -1.35. The van der Waals surface area contributed by atoms with Crippen LogP contribution in [0.15, 0.2) is 24.3 Å². The van der Waals surface area contributed by atoms with Crippen LogP contribution in [0.4, 0.5) is 0 Å². The van der Waals surface area contributed by atoms with E-state index in [0.29, 0.717) is 6.54 Å². The van der Waals surface area contributed by atoms with Gasteiger partial charge in [0.1, 0.15) is 6.61 Å². The fourth-order valence-electron chi connectivity index (χ4n) is 1.76. The molecule has 1 aliphatic heterocycles. The summed E-state index contributed by atoms with van der Waals surface area (Å²) in [7, 11) is 0. The van der Waals surface area contributed by atoms with Crippen LogP contribution >= 0.6 is 0 Å². The minimum Gasteiger partial charge on any atom is -0.366 e. The summed E-state index contributed by atoms with van der Waals surface area (Å²) >= 11 is 0. The summed E-state index contributed by atoms with van der Waals surface area (Å²) in [6.45, 7) is 2.89. The van der Waals surface area contributed by atoms with Crippen molar-refractivity contribution in [2.75, 3.05) is 13.2 Å². The van der Waals surface area contributed by atoms with E-state index in [0.717, 1.165) is 6.42 Å². The second-order valence-corrected chi connectivity index (χ2v) is 3.93. The van der Waals surface area contributed by atoms with Crippen molar-refractivity contribution >= 4 is 5.91 Å². The Bertz CT molecular complexity index is 352. The lowest BCUT2D eigenvalue weighted by molar-refractivity contribution is -0.133. The van der Waals surface area contributed by atoms with E-state index in [1.54, 1.807) is 0 Å². The Labute approximate surface area is 89.4 Å². The van der Waals surface area contributed by atoms with Crippen LogP contribution in [-0.4, -0.2) is 25.2 Å². The molecule has 1 amide bonds. The molecule has 1 N–H and O–H groups in total. The van der Waals surface area contributed by atoms with Crippen LogP contribution < -0.4 is 5.32 Å². The first-order chi connectivity index (χ1) is 7.24. The van der Waals surface area contributed by atoms with Crippen LogP contribution in [0.3, 0.4) is 0 Å². The van der Waals surface area contributed by atoms with E-state index in [-0.39, 0.29) is 18.6 Å². The predicted octanol–water partition coefficient (Wildman–Crippen LogP) is 1.05. The normalized spacial score (nSPS) is 21.1. The first-order valence-corrected chi connectivity index (χ1v) is 5.18. The zero-order valence-corrected chi connectivity index (χ0v) is 8.82. The molecule has 3 heteroatoms. The molecule has 1 unspecified atom stereocenters. The van der Waals surface area contributed by atoms with E-state index in [1.807, 2.05) is 6.07 Å². The predicted molar refractivity (Wildman–Crippen MR) is 57.6 cm³/mol. The molecule has 1 aromatic rings. The summed E-state index contributed by atoms with van der Waals surface area (Å²) in [4.78, 5) is 10.9. The third-order valence-electron chi connectivity index (χ3n) is 2.52. The van der Waals surface area contributed by atoms with Gasteiger partial charge in [0.05, 0.1) is 6.10 Å². The van der Waals surface area contributed by atoms with Crippen LogP contribution in [0.25, 0.3) is 0 Å². The highest BCUT2D eigenvalue weighted by molar-refractivity contribution is 5.77. The average Bonchev–Trinajstić information content (AvgIpc) is 2.22. The SMILES string of the molecule is Cc1cccc(CC2CNC(=O)CO2)c1. The maximum Gasteiger partial charge on any atom is 0.246 e. The molecular formula is C12H15NO2. The van der Waals surface area contributed by atoms with Gasteiger partial charge in [-0.15, -0.1) is 0 Å². The first-order valence-electron chi connectivity index (χ1n) is 5.18. The number of amides is 1. The first kappa shape index (κ1) is 10.2. The quantitative estimate of drug-likeness (QED) is 0.783. The lowest BCUT2D eigenvalue weighted by atomic mass is 10.0. The summed E-state index contributed by atoms with van der Waals surface area (Å²) in [6, 6.07) is 8.37. The van der Waals surface area contributed by atoms with Crippen molar-refractivity contribution in [1.29, 1.82) is 0 Å². The van der Waals surface area contributed by atoms with Gasteiger partial charge >= 0.3 is 0 Å². The van der Waals surface area contributed by atoms with E-state index in [4.69, 9.17) is 4.74 Å². The number of morpholine rings is 1. The molecule has 1 aromatic carbocycles. The van der Waals surface area contributed by atoms with Crippen LogP contribution in [0, 0.1) is 6.92 Å². The number of hydrogen-bond donors (Lipinski definition) is 1. The van der Waals surface area contributed by atoms with Crippen molar-refractivity contribution < 1.29 is 9.53 Å². The van der Waals surface area contributed by atoms with Crippen molar-refractivity contribution in [2.24, 2.45) is 0 Å². The lowest BCUT2D eigenvalue weighted by Gasteiger charge is -2.23. The third-order valence-corrected chi connectivity index (χ3v) is 2.52.